The minimum atomic E-state index is -3.64. The molecule has 0 aliphatic carbocycles. The maximum Gasteiger partial charge on any atom is 0.251 e. The Morgan fingerprint density at radius 3 is 2.41 bits per heavy atom. The van der Waals surface area contributed by atoms with Crippen molar-refractivity contribution in [2.75, 3.05) is 33.2 Å². The Bertz CT molecular complexity index is 1260. The number of aromatic nitrogens is 2. The van der Waals surface area contributed by atoms with Crippen molar-refractivity contribution in [3.8, 4) is 0 Å². The van der Waals surface area contributed by atoms with Gasteiger partial charge >= 0.3 is 0 Å². The molecule has 9 heteroatoms. The second-order valence-electron chi connectivity index (χ2n) is 8.71. The lowest BCUT2D eigenvalue weighted by Crippen LogP contribution is -2.47. The lowest BCUT2D eigenvalue weighted by molar-refractivity contribution is 0.0950. The molecule has 1 fully saturated rings. The average molecular weight is 482 g/mol. The minimum Gasteiger partial charge on any atom is -0.348 e. The highest BCUT2D eigenvalue weighted by Gasteiger charge is 2.28. The first-order valence-corrected chi connectivity index (χ1v) is 12.8. The Balaban J connectivity index is 1.45. The van der Waals surface area contributed by atoms with Crippen LogP contribution in [0.2, 0.25) is 0 Å². The lowest BCUT2D eigenvalue weighted by atomic mass is 10.1. The first-order valence-electron chi connectivity index (χ1n) is 11.4. The molecule has 1 aliphatic rings. The summed E-state index contributed by atoms with van der Waals surface area (Å²) in [6.45, 7) is 7.18. The summed E-state index contributed by atoms with van der Waals surface area (Å²) in [6, 6.07) is 16.4. The van der Waals surface area contributed by atoms with E-state index >= 15 is 0 Å². The number of aryl methyl sites for hydroxylation is 1. The van der Waals surface area contributed by atoms with Gasteiger partial charge in [-0.15, -0.1) is 0 Å². The van der Waals surface area contributed by atoms with Gasteiger partial charge in [0, 0.05) is 49.5 Å². The smallest absolute Gasteiger partial charge is 0.251 e. The van der Waals surface area contributed by atoms with E-state index in [1.54, 1.807) is 18.2 Å². The molecule has 1 aliphatic heterocycles. The van der Waals surface area contributed by atoms with Crippen molar-refractivity contribution >= 4 is 15.9 Å². The van der Waals surface area contributed by atoms with E-state index in [2.05, 4.69) is 27.4 Å². The van der Waals surface area contributed by atoms with Gasteiger partial charge in [-0.25, -0.2) is 8.42 Å². The van der Waals surface area contributed by atoms with Gasteiger partial charge in [0.25, 0.3) is 5.91 Å². The van der Waals surface area contributed by atoms with E-state index in [4.69, 9.17) is 0 Å². The van der Waals surface area contributed by atoms with E-state index in [0.717, 1.165) is 22.5 Å². The molecule has 1 amide bonds. The van der Waals surface area contributed by atoms with Crippen LogP contribution in [0.1, 0.15) is 32.9 Å². The van der Waals surface area contributed by atoms with Gasteiger partial charge < -0.3 is 10.2 Å². The third-order valence-corrected chi connectivity index (χ3v) is 8.22. The molecule has 1 saturated heterocycles. The van der Waals surface area contributed by atoms with Crippen LogP contribution in [0.4, 0.5) is 0 Å². The number of hydrogen-bond acceptors (Lipinski definition) is 5. The second kappa shape index (κ2) is 10.1. The Kier molecular flexibility index (Phi) is 7.16. The standard InChI is InChI=1S/C25H31N5O3S/c1-19-24(20(2)30(27-19)18-21-8-5-4-6-9-21)17-26-25(31)22-10-7-11-23(16-22)34(32,33)29-14-12-28(3)13-15-29/h4-11,16H,12-15,17-18H2,1-3H3,(H,26,31). The molecule has 8 nitrogen and oxygen atoms in total. The molecule has 180 valence electrons. The molecule has 0 bridgehead atoms. The Morgan fingerprint density at radius 2 is 1.71 bits per heavy atom. The fourth-order valence-corrected chi connectivity index (χ4v) is 5.61. The molecule has 1 N–H and O–H groups in total. The van der Waals surface area contributed by atoms with Gasteiger partial charge in [-0.05, 0) is 44.7 Å². The van der Waals surface area contributed by atoms with Crippen molar-refractivity contribution < 1.29 is 13.2 Å². The molecule has 0 spiro atoms. The number of rotatable bonds is 7. The van der Waals surface area contributed by atoms with Crippen LogP contribution >= 0.6 is 0 Å². The summed E-state index contributed by atoms with van der Waals surface area (Å²) in [5.41, 5.74) is 4.29. The SMILES string of the molecule is Cc1nn(Cc2ccccc2)c(C)c1CNC(=O)c1cccc(S(=O)(=O)N2CCN(C)CC2)c1. The highest BCUT2D eigenvalue weighted by Crippen LogP contribution is 2.19. The summed E-state index contributed by atoms with van der Waals surface area (Å²) in [7, 11) is -1.66. The van der Waals surface area contributed by atoms with E-state index in [1.807, 2.05) is 43.8 Å². The third kappa shape index (κ3) is 5.22. The minimum absolute atomic E-state index is 0.146. The van der Waals surface area contributed by atoms with E-state index in [1.165, 1.54) is 10.4 Å². The number of amides is 1. The van der Waals surface area contributed by atoms with E-state index in [0.29, 0.717) is 44.8 Å². The summed E-state index contributed by atoms with van der Waals surface area (Å²) in [5.74, 6) is -0.315. The van der Waals surface area contributed by atoms with Crippen LogP contribution in [0.25, 0.3) is 0 Å². The molecule has 0 radical (unpaired) electrons. The average Bonchev–Trinajstić information content (AvgIpc) is 3.10. The number of carbonyl (C=O) groups excluding carboxylic acids is 1. The number of likely N-dealkylation sites (N-methyl/N-ethyl adjacent to an activating group) is 1. The molecular weight excluding hydrogens is 450 g/mol. The third-order valence-electron chi connectivity index (χ3n) is 6.33. The molecule has 2 aromatic carbocycles. The summed E-state index contributed by atoms with van der Waals surface area (Å²) in [5, 5.41) is 7.57. The monoisotopic (exact) mass is 481 g/mol. The van der Waals surface area contributed by atoms with Crippen LogP contribution in [0, 0.1) is 13.8 Å². The van der Waals surface area contributed by atoms with E-state index < -0.39 is 10.0 Å². The molecule has 1 aromatic heterocycles. The predicted molar refractivity (Wildman–Crippen MR) is 131 cm³/mol. The van der Waals surface area contributed by atoms with Crippen molar-refractivity contribution in [3.05, 3.63) is 82.7 Å². The van der Waals surface area contributed by atoms with Crippen molar-refractivity contribution in [2.24, 2.45) is 0 Å². The summed E-state index contributed by atoms with van der Waals surface area (Å²) < 4.78 is 29.5. The molecule has 2 heterocycles. The predicted octanol–water partition coefficient (Wildman–Crippen LogP) is 2.41. The summed E-state index contributed by atoms with van der Waals surface area (Å²) in [6.07, 6.45) is 0. The van der Waals surface area contributed by atoms with Crippen LogP contribution in [-0.2, 0) is 23.1 Å². The topological polar surface area (TPSA) is 87.5 Å². The van der Waals surface area contributed by atoms with Crippen molar-refractivity contribution in [1.29, 1.82) is 0 Å². The van der Waals surface area contributed by atoms with Crippen molar-refractivity contribution in [2.45, 2.75) is 31.8 Å². The van der Waals surface area contributed by atoms with Crippen molar-refractivity contribution in [3.63, 3.8) is 0 Å². The first kappa shape index (κ1) is 24.1. The second-order valence-corrected chi connectivity index (χ2v) is 10.6. The van der Waals surface area contributed by atoms with Gasteiger partial charge in [-0.3, -0.25) is 9.48 Å². The number of hydrogen-bond donors (Lipinski definition) is 1. The normalized spacial score (nSPS) is 15.4. The molecule has 0 saturated carbocycles. The quantitative estimate of drug-likeness (QED) is 0.560. The van der Waals surface area contributed by atoms with Crippen molar-refractivity contribution in [1.82, 2.24) is 24.3 Å². The molecular formula is C25H31N5O3S. The van der Waals surface area contributed by atoms with Gasteiger partial charge in [0.1, 0.15) is 0 Å². The van der Waals surface area contributed by atoms with Crippen LogP contribution < -0.4 is 5.32 Å². The molecule has 0 atom stereocenters. The highest BCUT2D eigenvalue weighted by molar-refractivity contribution is 7.89. The van der Waals surface area contributed by atoms with Crippen LogP contribution in [0.3, 0.4) is 0 Å². The van der Waals surface area contributed by atoms with Gasteiger partial charge in [0.05, 0.1) is 17.1 Å². The molecule has 4 rings (SSSR count). The Morgan fingerprint density at radius 1 is 1.00 bits per heavy atom. The van der Waals surface area contributed by atoms with Gasteiger partial charge in [0.2, 0.25) is 10.0 Å². The van der Waals surface area contributed by atoms with Gasteiger partial charge in [0.15, 0.2) is 0 Å². The van der Waals surface area contributed by atoms with Crippen LogP contribution in [0.5, 0.6) is 0 Å². The van der Waals surface area contributed by atoms with Crippen LogP contribution in [0.15, 0.2) is 59.5 Å². The number of sulfonamides is 1. The summed E-state index contributed by atoms with van der Waals surface area (Å²) in [4.78, 5) is 15.1. The number of carbonyl (C=O) groups is 1. The largest absolute Gasteiger partial charge is 0.348 e. The lowest BCUT2D eigenvalue weighted by Gasteiger charge is -2.31. The zero-order valence-electron chi connectivity index (χ0n) is 19.9. The van der Waals surface area contributed by atoms with E-state index in [-0.39, 0.29) is 10.8 Å². The van der Waals surface area contributed by atoms with E-state index in [9.17, 15) is 13.2 Å². The Labute approximate surface area is 201 Å². The fourth-order valence-electron chi connectivity index (χ4n) is 4.15. The van der Waals surface area contributed by atoms with Gasteiger partial charge in [-0.2, -0.15) is 9.40 Å². The fraction of sp³-hybridized carbons (Fsp3) is 0.360. The number of nitrogens with one attached hydrogen (secondary N) is 1. The molecule has 3 aromatic rings. The van der Waals surface area contributed by atoms with Gasteiger partial charge in [-0.1, -0.05) is 36.4 Å². The molecule has 34 heavy (non-hydrogen) atoms. The zero-order valence-corrected chi connectivity index (χ0v) is 20.7. The maximum atomic E-state index is 13.1. The number of benzene rings is 2. The summed E-state index contributed by atoms with van der Waals surface area (Å²) >= 11 is 0. The zero-order chi connectivity index (χ0) is 24.3. The maximum absolute atomic E-state index is 13.1. The number of nitrogens with zero attached hydrogens (tertiary/aromatic N) is 4. The first-order chi connectivity index (χ1) is 16.3. The molecule has 0 unspecified atom stereocenters. The van der Waals surface area contributed by atoms with Crippen LogP contribution in [-0.4, -0.2) is 66.5 Å². The highest BCUT2D eigenvalue weighted by atomic mass is 32.2. The number of piperazine rings is 1. The Hall–Kier alpha value is -3.01.